The van der Waals surface area contributed by atoms with E-state index in [4.69, 9.17) is 11.6 Å². The summed E-state index contributed by atoms with van der Waals surface area (Å²) in [5.41, 5.74) is 0.796. The lowest BCUT2D eigenvalue weighted by atomic mass is 10.1. The zero-order valence-corrected chi connectivity index (χ0v) is 13.2. The highest BCUT2D eigenvalue weighted by Gasteiger charge is 2.19. The van der Waals surface area contributed by atoms with Crippen molar-refractivity contribution in [1.82, 2.24) is 19.8 Å². The molecule has 1 aromatic carbocycles. The van der Waals surface area contributed by atoms with E-state index in [1.54, 1.807) is 16.6 Å². The summed E-state index contributed by atoms with van der Waals surface area (Å²) in [6.45, 7) is 1.97. The second-order valence-electron chi connectivity index (χ2n) is 5.63. The molecule has 118 valence electrons. The highest BCUT2D eigenvalue weighted by Crippen LogP contribution is 2.29. The van der Waals surface area contributed by atoms with Crippen molar-refractivity contribution < 1.29 is 4.39 Å². The number of halogens is 2. The molecular formula is C16H15ClFN5. The Kier molecular flexibility index (Phi) is 3.61. The summed E-state index contributed by atoms with van der Waals surface area (Å²) in [6, 6.07) is 8.34. The second kappa shape index (κ2) is 5.77. The van der Waals surface area contributed by atoms with E-state index >= 15 is 0 Å². The van der Waals surface area contributed by atoms with E-state index in [1.165, 1.54) is 12.5 Å². The predicted molar refractivity (Wildman–Crippen MR) is 87.3 cm³/mol. The number of fused-ring (bicyclic) bond motifs is 1. The third kappa shape index (κ3) is 2.53. The zero-order chi connectivity index (χ0) is 15.8. The molecule has 2 aromatic heterocycles. The molecule has 7 heteroatoms. The molecule has 0 N–H and O–H groups in total. The van der Waals surface area contributed by atoms with Crippen LogP contribution in [0.2, 0.25) is 5.02 Å². The highest BCUT2D eigenvalue weighted by atomic mass is 35.5. The monoisotopic (exact) mass is 331 g/mol. The van der Waals surface area contributed by atoms with Crippen LogP contribution in [0.1, 0.15) is 19.3 Å². The molecule has 23 heavy (non-hydrogen) atoms. The van der Waals surface area contributed by atoms with Gasteiger partial charge in [-0.1, -0.05) is 17.7 Å². The summed E-state index contributed by atoms with van der Waals surface area (Å²) < 4.78 is 15.8. The summed E-state index contributed by atoms with van der Waals surface area (Å²) in [7, 11) is 0. The quantitative estimate of drug-likeness (QED) is 0.720. The predicted octanol–water partition coefficient (Wildman–Crippen LogP) is 3.57. The maximum absolute atomic E-state index is 14.2. The van der Waals surface area contributed by atoms with E-state index < -0.39 is 5.82 Å². The van der Waals surface area contributed by atoms with Gasteiger partial charge in [-0.05, 0) is 43.5 Å². The fourth-order valence-electron chi connectivity index (χ4n) is 2.94. The number of hydrogen-bond donors (Lipinski definition) is 0. The minimum Gasteiger partial charge on any atom is -0.355 e. The van der Waals surface area contributed by atoms with Gasteiger partial charge in [-0.2, -0.15) is 4.52 Å². The average Bonchev–Trinajstić information content (AvgIpc) is 2.99. The SMILES string of the molecule is Fc1cccc(Cl)c1-c1nnc2ccc(N3CCCCC3)nn12. The fraction of sp³-hybridized carbons (Fsp3) is 0.312. The van der Waals surface area contributed by atoms with E-state index in [0.717, 1.165) is 31.7 Å². The molecule has 1 aliphatic rings. The van der Waals surface area contributed by atoms with Gasteiger partial charge in [-0.25, -0.2) is 4.39 Å². The third-order valence-corrected chi connectivity index (χ3v) is 4.43. The van der Waals surface area contributed by atoms with Crippen LogP contribution in [0.25, 0.3) is 17.0 Å². The van der Waals surface area contributed by atoms with Crippen LogP contribution in [0, 0.1) is 5.82 Å². The van der Waals surface area contributed by atoms with E-state index in [0.29, 0.717) is 16.5 Å². The number of piperidine rings is 1. The Bertz CT molecular complexity index is 837. The van der Waals surface area contributed by atoms with Gasteiger partial charge in [0.15, 0.2) is 11.5 Å². The second-order valence-corrected chi connectivity index (χ2v) is 6.04. The number of anilines is 1. The molecule has 0 saturated carbocycles. The molecule has 0 amide bonds. The van der Waals surface area contributed by atoms with Crippen molar-refractivity contribution in [3.8, 4) is 11.4 Å². The van der Waals surface area contributed by atoms with Crippen LogP contribution in [0.15, 0.2) is 30.3 Å². The number of aromatic nitrogens is 4. The lowest BCUT2D eigenvalue weighted by molar-refractivity contribution is 0.570. The van der Waals surface area contributed by atoms with Crippen LogP contribution >= 0.6 is 11.6 Å². The Morgan fingerprint density at radius 2 is 1.83 bits per heavy atom. The van der Waals surface area contributed by atoms with Gasteiger partial charge in [-0.3, -0.25) is 0 Å². The standard InChI is InChI=1S/C16H15ClFN5/c17-11-5-4-6-12(18)15(11)16-20-19-13-7-8-14(21-23(13)16)22-9-2-1-3-10-22/h4-8H,1-3,9-10H2. The van der Waals surface area contributed by atoms with E-state index in [1.807, 2.05) is 12.1 Å². The molecule has 1 fully saturated rings. The maximum Gasteiger partial charge on any atom is 0.189 e. The van der Waals surface area contributed by atoms with Gasteiger partial charge in [0.05, 0.1) is 10.6 Å². The van der Waals surface area contributed by atoms with Crippen molar-refractivity contribution in [1.29, 1.82) is 0 Å². The Morgan fingerprint density at radius 1 is 1.00 bits per heavy atom. The van der Waals surface area contributed by atoms with E-state index in [2.05, 4.69) is 20.2 Å². The lowest BCUT2D eigenvalue weighted by Crippen LogP contribution is -2.30. The summed E-state index contributed by atoms with van der Waals surface area (Å²) in [5, 5.41) is 13.1. The largest absolute Gasteiger partial charge is 0.355 e. The summed E-state index contributed by atoms with van der Waals surface area (Å²) in [4.78, 5) is 2.23. The van der Waals surface area contributed by atoms with Crippen LogP contribution < -0.4 is 4.90 Å². The molecule has 3 heterocycles. The first-order valence-electron chi connectivity index (χ1n) is 7.66. The minimum atomic E-state index is -0.433. The minimum absolute atomic E-state index is 0.227. The van der Waals surface area contributed by atoms with Gasteiger partial charge in [0.25, 0.3) is 0 Å². The fourth-order valence-corrected chi connectivity index (χ4v) is 3.19. The first kappa shape index (κ1) is 14.4. The van der Waals surface area contributed by atoms with Gasteiger partial charge >= 0.3 is 0 Å². The molecule has 0 aliphatic carbocycles. The van der Waals surface area contributed by atoms with Crippen LogP contribution in [0.3, 0.4) is 0 Å². The number of hydrogen-bond acceptors (Lipinski definition) is 4. The van der Waals surface area contributed by atoms with Crippen molar-refractivity contribution in [2.75, 3.05) is 18.0 Å². The molecule has 0 unspecified atom stereocenters. The number of rotatable bonds is 2. The Morgan fingerprint density at radius 3 is 2.61 bits per heavy atom. The lowest BCUT2D eigenvalue weighted by Gasteiger charge is -2.27. The Labute approximate surface area is 137 Å². The summed E-state index contributed by atoms with van der Waals surface area (Å²) >= 11 is 6.15. The molecule has 3 aromatic rings. The first-order chi connectivity index (χ1) is 11.2. The third-order valence-electron chi connectivity index (χ3n) is 4.12. The van der Waals surface area contributed by atoms with Crippen molar-refractivity contribution in [2.24, 2.45) is 0 Å². The van der Waals surface area contributed by atoms with E-state index in [9.17, 15) is 4.39 Å². The summed E-state index contributed by atoms with van der Waals surface area (Å²) in [5.74, 6) is 0.740. The maximum atomic E-state index is 14.2. The van der Waals surface area contributed by atoms with Crippen LogP contribution in [-0.4, -0.2) is 32.9 Å². The van der Waals surface area contributed by atoms with Gasteiger partial charge in [0.1, 0.15) is 11.6 Å². The molecule has 0 radical (unpaired) electrons. The average molecular weight is 332 g/mol. The van der Waals surface area contributed by atoms with E-state index in [-0.39, 0.29) is 5.56 Å². The normalized spacial score (nSPS) is 15.3. The van der Waals surface area contributed by atoms with Crippen LogP contribution in [-0.2, 0) is 0 Å². The van der Waals surface area contributed by atoms with Crippen molar-refractivity contribution >= 4 is 23.1 Å². The first-order valence-corrected chi connectivity index (χ1v) is 8.03. The molecule has 1 saturated heterocycles. The molecule has 0 atom stereocenters. The molecular weight excluding hydrogens is 317 g/mol. The van der Waals surface area contributed by atoms with Crippen molar-refractivity contribution in [3.63, 3.8) is 0 Å². The smallest absolute Gasteiger partial charge is 0.189 e. The van der Waals surface area contributed by atoms with Gasteiger partial charge in [0, 0.05) is 13.1 Å². The summed E-state index contributed by atoms with van der Waals surface area (Å²) in [6.07, 6.45) is 3.57. The van der Waals surface area contributed by atoms with Gasteiger partial charge < -0.3 is 4.90 Å². The van der Waals surface area contributed by atoms with Gasteiger partial charge in [0.2, 0.25) is 0 Å². The highest BCUT2D eigenvalue weighted by molar-refractivity contribution is 6.33. The van der Waals surface area contributed by atoms with Gasteiger partial charge in [-0.15, -0.1) is 15.3 Å². The molecule has 5 nitrogen and oxygen atoms in total. The van der Waals surface area contributed by atoms with Crippen LogP contribution in [0.5, 0.6) is 0 Å². The Hall–Kier alpha value is -2.21. The molecule has 4 rings (SSSR count). The topological polar surface area (TPSA) is 46.3 Å². The molecule has 0 spiro atoms. The molecule has 0 bridgehead atoms. The zero-order valence-electron chi connectivity index (χ0n) is 12.4. The number of nitrogens with zero attached hydrogens (tertiary/aromatic N) is 5. The molecule has 1 aliphatic heterocycles. The van der Waals surface area contributed by atoms with Crippen molar-refractivity contribution in [3.05, 3.63) is 41.2 Å². The number of benzene rings is 1. The Balaban J connectivity index is 1.85. The van der Waals surface area contributed by atoms with Crippen LogP contribution in [0.4, 0.5) is 10.2 Å². The van der Waals surface area contributed by atoms with Crippen molar-refractivity contribution in [2.45, 2.75) is 19.3 Å².